The molecule has 1 atom stereocenters. The summed E-state index contributed by atoms with van der Waals surface area (Å²) in [4.78, 5) is 16.9. The van der Waals surface area contributed by atoms with Crippen LogP contribution in [0.15, 0.2) is 53.1 Å². The van der Waals surface area contributed by atoms with Crippen LogP contribution in [0.3, 0.4) is 0 Å². The molecule has 0 saturated heterocycles. The number of anilines is 1. The van der Waals surface area contributed by atoms with Gasteiger partial charge in [0, 0.05) is 10.6 Å². The van der Waals surface area contributed by atoms with Gasteiger partial charge in [-0.1, -0.05) is 52.7 Å². The van der Waals surface area contributed by atoms with E-state index >= 15 is 0 Å². The number of halogens is 1. The molecule has 10 heteroatoms. The monoisotopic (exact) mass is 448 g/mol. The number of carbonyl (C=O) groups is 1. The average Bonchev–Trinajstić information content (AvgIpc) is 3.14. The number of hydrogen-bond acceptors (Lipinski definition) is 6. The Balaban J connectivity index is 1.71. The fraction of sp³-hybridized carbons (Fsp3) is 0.250. The van der Waals surface area contributed by atoms with E-state index in [0.29, 0.717) is 16.5 Å². The molecule has 0 saturated carbocycles. The first kappa shape index (κ1) is 21.8. The van der Waals surface area contributed by atoms with Crippen LogP contribution in [-0.4, -0.2) is 36.8 Å². The number of carbonyl (C=O) groups excluding carboxylic acids is 1. The van der Waals surface area contributed by atoms with E-state index in [9.17, 15) is 13.2 Å². The Morgan fingerprint density at radius 2 is 1.93 bits per heavy atom. The summed E-state index contributed by atoms with van der Waals surface area (Å²) in [6.45, 7) is 3.43. The van der Waals surface area contributed by atoms with Gasteiger partial charge in [-0.15, -0.1) is 0 Å². The van der Waals surface area contributed by atoms with Gasteiger partial charge in [-0.05, 0) is 32.0 Å². The average molecular weight is 449 g/mol. The van der Waals surface area contributed by atoms with Gasteiger partial charge in [0.2, 0.25) is 27.6 Å². The first-order valence-electron chi connectivity index (χ1n) is 9.07. The van der Waals surface area contributed by atoms with E-state index < -0.39 is 22.0 Å². The van der Waals surface area contributed by atoms with Gasteiger partial charge in [-0.25, -0.2) is 8.42 Å². The van der Waals surface area contributed by atoms with E-state index in [4.69, 9.17) is 16.1 Å². The summed E-state index contributed by atoms with van der Waals surface area (Å²) in [7, 11) is -3.73. The summed E-state index contributed by atoms with van der Waals surface area (Å²) < 4.78 is 30.8. The lowest BCUT2D eigenvalue weighted by molar-refractivity contribution is -0.122. The Morgan fingerprint density at radius 1 is 1.23 bits per heavy atom. The van der Waals surface area contributed by atoms with E-state index in [-0.39, 0.29) is 12.4 Å². The van der Waals surface area contributed by atoms with Gasteiger partial charge in [0.05, 0.1) is 18.5 Å². The molecule has 2 aromatic carbocycles. The van der Waals surface area contributed by atoms with Crippen molar-refractivity contribution in [1.82, 2.24) is 15.5 Å². The topological polar surface area (TPSA) is 105 Å². The molecule has 1 N–H and O–H groups in total. The number of amides is 1. The van der Waals surface area contributed by atoms with Crippen LogP contribution < -0.4 is 9.62 Å². The zero-order chi connectivity index (χ0) is 21.9. The molecule has 158 valence electrons. The molecule has 1 aromatic heterocycles. The number of aryl methyl sites for hydroxylation is 1. The molecule has 8 nitrogen and oxygen atoms in total. The molecule has 1 amide bonds. The third-order valence-electron chi connectivity index (χ3n) is 4.34. The second-order valence-corrected chi connectivity index (χ2v) is 9.11. The molecule has 1 heterocycles. The molecule has 0 aliphatic carbocycles. The second kappa shape index (κ2) is 8.85. The summed E-state index contributed by atoms with van der Waals surface area (Å²) in [6, 6.07) is 12.9. The summed E-state index contributed by atoms with van der Waals surface area (Å²) >= 11 is 5.98. The standard InChI is InChI=1S/C20H21ClN4O4S/c1-13-7-9-15(10-8-13)19-23-18(29-24-19)12-22-20(26)14(2)25(30(3,27)28)17-6-4-5-16(21)11-17/h4-11,14H,12H2,1-3H3,(H,22,26)/t14-/m1/s1. The van der Waals surface area contributed by atoms with Crippen LogP contribution in [0.5, 0.6) is 0 Å². The highest BCUT2D eigenvalue weighted by atomic mass is 35.5. The van der Waals surface area contributed by atoms with Gasteiger partial charge in [0.25, 0.3) is 0 Å². The third kappa shape index (κ3) is 5.17. The summed E-state index contributed by atoms with van der Waals surface area (Å²) in [5.74, 6) is 0.0965. The number of nitrogens with one attached hydrogen (secondary N) is 1. The van der Waals surface area contributed by atoms with Crippen LogP contribution in [-0.2, 0) is 21.4 Å². The van der Waals surface area contributed by atoms with Crippen LogP contribution in [0.4, 0.5) is 5.69 Å². The molecule has 3 aromatic rings. The smallest absolute Gasteiger partial charge is 0.246 e. The summed E-state index contributed by atoms with van der Waals surface area (Å²) in [5, 5.41) is 6.91. The first-order chi connectivity index (χ1) is 14.1. The number of nitrogens with zero attached hydrogens (tertiary/aromatic N) is 3. The Morgan fingerprint density at radius 3 is 2.57 bits per heavy atom. The van der Waals surface area contributed by atoms with Crippen LogP contribution in [0, 0.1) is 6.92 Å². The van der Waals surface area contributed by atoms with Crippen molar-refractivity contribution in [3.63, 3.8) is 0 Å². The zero-order valence-electron chi connectivity index (χ0n) is 16.7. The lowest BCUT2D eigenvalue weighted by Gasteiger charge is -2.28. The fourth-order valence-corrected chi connectivity index (χ4v) is 4.23. The molecule has 0 unspecified atom stereocenters. The zero-order valence-corrected chi connectivity index (χ0v) is 18.2. The first-order valence-corrected chi connectivity index (χ1v) is 11.3. The van der Waals surface area contributed by atoms with Crippen molar-refractivity contribution in [2.75, 3.05) is 10.6 Å². The predicted octanol–water partition coefficient (Wildman–Crippen LogP) is 3.17. The predicted molar refractivity (Wildman–Crippen MR) is 115 cm³/mol. The highest BCUT2D eigenvalue weighted by Gasteiger charge is 2.29. The molecule has 0 aliphatic rings. The number of benzene rings is 2. The Hall–Kier alpha value is -2.91. The number of sulfonamides is 1. The Bertz CT molecular complexity index is 1150. The molecular formula is C20H21ClN4O4S. The van der Waals surface area contributed by atoms with Crippen molar-refractivity contribution >= 4 is 33.2 Å². The maximum absolute atomic E-state index is 12.6. The van der Waals surface area contributed by atoms with Gasteiger partial charge < -0.3 is 9.84 Å². The van der Waals surface area contributed by atoms with Crippen LogP contribution in [0.2, 0.25) is 5.02 Å². The fourth-order valence-electron chi connectivity index (χ4n) is 2.88. The van der Waals surface area contributed by atoms with Gasteiger partial charge in [-0.3, -0.25) is 9.10 Å². The van der Waals surface area contributed by atoms with Gasteiger partial charge in [-0.2, -0.15) is 4.98 Å². The third-order valence-corrected chi connectivity index (χ3v) is 5.82. The van der Waals surface area contributed by atoms with E-state index in [1.54, 1.807) is 18.2 Å². The van der Waals surface area contributed by atoms with Gasteiger partial charge in [0.1, 0.15) is 6.04 Å². The van der Waals surface area contributed by atoms with Crippen LogP contribution in [0.25, 0.3) is 11.4 Å². The van der Waals surface area contributed by atoms with E-state index in [1.165, 1.54) is 13.0 Å². The molecule has 0 fully saturated rings. The Labute approximate surface area is 179 Å². The minimum Gasteiger partial charge on any atom is -0.345 e. The molecule has 0 aliphatic heterocycles. The van der Waals surface area contributed by atoms with Crippen molar-refractivity contribution in [3.05, 3.63) is 65.0 Å². The minimum absolute atomic E-state index is 0.0326. The number of aromatic nitrogens is 2. The summed E-state index contributed by atoms with van der Waals surface area (Å²) in [5.41, 5.74) is 2.20. The maximum atomic E-state index is 12.6. The highest BCUT2D eigenvalue weighted by molar-refractivity contribution is 7.92. The van der Waals surface area contributed by atoms with Gasteiger partial charge in [0.15, 0.2) is 0 Å². The number of hydrogen-bond donors (Lipinski definition) is 1. The van der Waals surface area contributed by atoms with E-state index in [2.05, 4.69) is 15.5 Å². The lowest BCUT2D eigenvalue weighted by Crippen LogP contribution is -2.47. The summed E-state index contributed by atoms with van der Waals surface area (Å²) in [6.07, 6.45) is 1.03. The minimum atomic E-state index is -3.73. The maximum Gasteiger partial charge on any atom is 0.246 e. The normalized spacial score (nSPS) is 12.4. The lowest BCUT2D eigenvalue weighted by atomic mass is 10.1. The van der Waals surface area contributed by atoms with Crippen molar-refractivity contribution in [2.45, 2.75) is 26.4 Å². The van der Waals surface area contributed by atoms with Gasteiger partial charge >= 0.3 is 0 Å². The molecule has 0 bridgehead atoms. The molecule has 30 heavy (non-hydrogen) atoms. The highest BCUT2D eigenvalue weighted by Crippen LogP contribution is 2.24. The van der Waals surface area contributed by atoms with E-state index in [0.717, 1.165) is 21.7 Å². The SMILES string of the molecule is Cc1ccc(-c2noc(CNC(=O)[C@@H](C)N(c3cccc(Cl)c3)S(C)(=O)=O)n2)cc1. The second-order valence-electron chi connectivity index (χ2n) is 6.81. The molecular weight excluding hydrogens is 428 g/mol. The van der Waals surface area contributed by atoms with E-state index in [1.807, 2.05) is 31.2 Å². The largest absolute Gasteiger partial charge is 0.345 e. The van der Waals surface area contributed by atoms with Crippen molar-refractivity contribution in [3.8, 4) is 11.4 Å². The van der Waals surface area contributed by atoms with Crippen LogP contribution >= 0.6 is 11.6 Å². The van der Waals surface area contributed by atoms with Crippen molar-refractivity contribution in [2.24, 2.45) is 0 Å². The van der Waals surface area contributed by atoms with Crippen LogP contribution in [0.1, 0.15) is 18.4 Å². The molecule has 0 radical (unpaired) electrons. The number of rotatable bonds is 7. The molecule has 0 spiro atoms. The quantitative estimate of drug-likeness (QED) is 0.595. The van der Waals surface area contributed by atoms with Crippen molar-refractivity contribution < 1.29 is 17.7 Å². The molecule has 3 rings (SSSR count). The van der Waals surface area contributed by atoms with Crippen molar-refractivity contribution in [1.29, 1.82) is 0 Å². The Kier molecular flexibility index (Phi) is 6.42.